The number of halogens is 2. The lowest BCUT2D eigenvalue weighted by molar-refractivity contribution is -0.145. The molecule has 0 heterocycles. The Morgan fingerprint density at radius 1 is 1.47 bits per heavy atom. The van der Waals surface area contributed by atoms with Crippen LogP contribution in [0.15, 0.2) is 0 Å². The standard InChI is InChI=1S/C9H20N4O2.2ClH/c1-2-6-15-8(14)7(10)4-3-5-13-9(11)12;;/h7H,2-6,10H2,1H3,(H4,11,12,13);2*1H/t7-;;/m0../s1. The van der Waals surface area contributed by atoms with E-state index in [-0.39, 0.29) is 36.7 Å². The predicted molar refractivity (Wildman–Crippen MR) is 72.9 cm³/mol. The number of guanidine groups is 1. The third kappa shape index (κ3) is 13.2. The Morgan fingerprint density at radius 3 is 2.53 bits per heavy atom. The third-order valence-electron chi connectivity index (χ3n) is 1.76. The first-order valence-electron chi connectivity index (χ1n) is 5.08. The van der Waals surface area contributed by atoms with Gasteiger partial charge in [0.15, 0.2) is 5.96 Å². The monoisotopic (exact) mass is 288 g/mol. The van der Waals surface area contributed by atoms with Crippen LogP contribution in [-0.2, 0) is 9.53 Å². The number of nitrogens with two attached hydrogens (primary N) is 2. The topological polar surface area (TPSA) is 114 Å². The van der Waals surface area contributed by atoms with Crippen molar-refractivity contribution in [2.45, 2.75) is 32.2 Å². The van der Waals surface area contributed by atoms with Gasteiger partial charge in [0, 0.05) is 6.54 Å². The molecule has 0 radical (unpaired) electrons. The van der Waals surface area contributed by atoms with Gasteiger partial charge in [-0.05, 0) is 19.3 Å². The van der Waals surface area contributed by atoms with Crippen LogP contribution >= 0.6 is 24.8 Å². The van der Waals surface area contributed by atoms with Crippen molar-refractivity contribution >= 4 is 36.7 Å². The van der Waals surface area contributed by atoms with Crippen molar-refractivity contribution in [1.29, 1.82) is 5.41 Å². The van der Waals surface area contributed by atoms with Gasteiger partial charge in [0.1, 0.15) is 6.04 Å². The fourth-order valence-electron chi connectivity index (χ4n) is 0.973. The Labute approximate surface area is 114 Å². The molecule has 0 rings (SSSR count). The number of hydrogen-bond acceptors (Lipinski definition) is 4. The van der Waals surface area contributed by atoms with E-state index in [4.69, 9.17) is 21.6 Å². The van der Waals surface area contributed by atoms with Crippen LogP contribution in [0.5, 0.6) is 0 Å². The summed E-state index contributed by atoms with van der Waals surface area (Å²) in [5.41, 5.74) is 10.7. The van der Waals surface area contributed by atoms with Gasteiger partial charge in [0.05, 0.1) is 6.61 Å². The van der Waals surface area contributed by atoms with Gasteiger partial charge in [-0.25, -0.2) is 0 Å². The highest BCUT2D eigenvalue weighted by Crippen LogP contribution is 1.96. The Hall–Kier alpha value is -0.720. The van der Waals surface area contributed by atoms with Crippen LogP contribution in [0.2, 0.25) is 0 Å². The Kier molecular flexibility index (Phi) is 16.9. The lowest BCUT2D eigenvalue weighted by atomic mass is 10.2. The van der Waals surface area contributed by atoms with Gasteiger partial charge in [-0.3, -0.25) is 10.2 Å². The highest BCUT2D eigenvalue weighted by molar-refractivity contribution is 5.85. The van der Waals surface area contributed by atoms with E-state index >= 15 is 0 Å². The number of carbonyl (C=O) groups excluding carboxylic acids is 1. The first kappa shape index (κ1) is 21.6. The fraction of sp³-hybridized carbons (Fsp3) is 0.778. The zero-order chi connectivity index (χ0) is 11.7. The minimum Gasteiger partial charge on any atom is -0.465 e. The van der Waals surface area contributed by atoms with E-state index in [1.807, 2.05) is 6.92 Å². The zero-order valence-corrected chi connectivity index (χ0v) is 11.5. The van der Waals surface area contributed by atoms with Crippen molar-refractivity contribution in [3.8, 4) is 0 Å². The average Bonchev–Trinajstić information content (AvgIpc) is 2.20. The molecule has 6 N–H and O–H groups in total. The average molecular weight is 289 g/mol. The van der Waals surface area contributed by atoms with Crippen molar-refractivity contribution in [2.75, 3.05) is 13.2 Å². The summed E-state index contributed by atoms with van der Waals surface area (Å²) in [5.74, 6) is -0.434. The summed E-state index contributed by atoms with van der Waals surface area (Å²) >= 11 is 0. The number of esters is 1. The van der Waals surface area contributed by atoms with E-state index < -0.39 is 6.04 Å². The largest absolute Gasteiger partial charge is 0.465 e. The highest BCUT2D eigenvalue weighted by atomic mass is 35.5. The van der Waals surface area contributed by atoms with Crippen LogP contribution in [0.4, 0.5) is 0 Å². The first-order valence-corrected chi connectivity index (χ1v) is 5.08. The van der Waals surface area contributed by atoms with Crippen molar-refractivity contribution in [2.24, 2.45) is 11.5 Å². The molecule has 1 atom stereocenters. The predicted octanol–water partition coefficient (Wildman–Crippen LogP) is 0.374. The molecule has 0 aromatic rings. The molecule has 0 unspecified atom stereocenters. The molecule has 0 spiro atoms. The molecule has 0 aromatic heterocycles. The molecule has 104 valence electrons. The van der Waals surface area contributed by atoms with E-state index in [1.165, 1.54) is 0 Å². The second kappa shape index (κ2) is 13.3. The number of hydrogen-bond donors (Lipinski definition) is 4. The maximum absolute atomic E-state index is 11.2. The Morgan fingerprint density at radius 2 is 2.06 bits per heavy atom. The molecule has 0 saturated carbocycles. The van der Waals surface area contributed by atoms with Crippen molar-refractivity contribution < 1.29 is 9.53 Å². The van der Waals surface area contributed by atoms with Crippen LogP contribution in [0, 0.1) is 5.41 Å². The van der Waals surface area contributed by atoms with Crippen LogP contribution in [0.3, 0.4) is 0 Å². The highest BCUT2D eigenvalue weighted by Gasteiger charge is 2.13. The van der Waals surface area contributed by atoms with Gasteiger partial charge >= 0.3 is 5.97 Å². The smallest absolute Gasteiger partial charge is 0.322 e. The maximum atomic E-state index is 11.2. The normalized spacial score (nSPS) is 10.5. The second-order valence-electron chi connectivity index (χ2n) is 3.26. The van der Waals surface area contributed by atoms with Gasteiger partial charge in [-0.2, -0.15) is 0 Å². The minimum absolute atomic E-state index is 0. The molecule has 17 heavy (non-hydrogen) atoms. The molecule has 0 bridgehead atoms. The van der Waals surface area contributed by atoms with E-state index in [0.717, 1.165) is 6.42 Å². The summed E-state index contributed by atoms with van der Waals surface area (Å²) < 4.78 is 4.88. The molecular formula is C9H22Cl2N4O2. The Bertz CT molecular complexity index is 217. The van der Waals surface area contributed by atoms with Crippen LogP contribution in [-0.4, -0.2) is 31.1 Å². The van der Waals surface area contributed by atoms with Crippen LogP contribution < -0.4 is 16.8 Å². The van der Waals surface area contributed by atoms with Crippen molar-refractivity contribution in [3.05, 3.63) is 0 Å². The summed E-state index contributed by atoms with van der Waals surface area (Å²) in [6.07, 6.45) is 2.01. The number of rotatable bonds is 7. The molecule has 0 aliphatic carbocycles. The van der Waals surface area contributed by atoms with E-state index in [2.05, 4.69) is 5.32 Å². The van der Waals surface area contributed by atoms with Gasteiger partial charge in [0.2, 0.25) is 0 Å². The molecule has 0 saturated heterocycles. The van der Waals surface area contributed by atoms with Gasteiger partial charge in [-0.15, -0.1) is 24.8 Å². The minimum atomic E-state index is -0.578. The van der Waals surface area contributed by atoms with Crippen molar-refractivity contribution in [1.82, 2.24) is 5.32 Å². The molecule has 0 amide bonds. The fourth-order valence-corrected chi connectivity index (χ4v) is 0.973. The van der Waals surface area contributed by atoms with E-state index in [9.17, 15) is 4.79 Å². The SMILES string of the molecule is CCCOC(=O)[C@@H](N)CCCNC(=N)N.Cl.Cl. The lowest BCUT2D eigenvalue weighted by Crippen LogP contribution is -2.35. The molecular weight excluding hydrogens is 267 g/mol. The van der Waals surface area contributed by atoms with E-state index in [0.29, 0.717) is 26.0 Å². The first-order chi connectivity index (χ1) is 7.07. The third-order valence-corrected chi connectivity index (χ3v) is 1.76. The molecule has 0 fully saturated rings. The summed E-state index contributed by atoms with van der Waals surface area (Å²) in [4.78, 5) is 11.2. The quantitative estimate of drug-likeness (QED) is 0.234. The molecule has 0 aromatic carbocycles. The number of carbonyl (C=O) groups is 1. The summed E-state index contributed by atoms with van der Waals surface area (Å²) in [6.45, 7) is 2.89. The van der Waals surface area contributed by atoms with Crippen LogP contribution in [0.25, 0.3) is 0 Å². The second-order valence-corrected chi connectivity index (χ2v) is 3.26. The number of nitrogens with one attached hydrogen (secondary N) is 2. The Balaban J connectivity index is -0.000000980. The van der Waals surface area contributed by atoms with Gasteiger partial charge in [-0.1, -0.05) is 6.92 Å². The van der Waals surface area contributed by atoms with Gasteiger partial charge in [0.25, 0.3) is 0 Å². The molecule has 8 heteroatoms. The van der Waals surface area contributed by atoms with Crippen molar-refractivity contribution in [3.63, 3.8) is 0 Å². The molecule has 0 aliphatic rings. The maximum Gasteiger partial charge on any atom is 0.322 e. The summed E-state index contributed by atoms with van der Waals surface area (Å²) in [5, 5.41) is 9.54. The van der Waals surface area contributed by atoms with Gasteiger partial charge < -0.3 is 21.5 Å². The molecule has 6 nitrogen and oxygen atoms in total. The number of ether oxygens (including phenoxy) is 1. The summed E-state index contributed by atoms with van der Waals surface area (Å²) in [6, 6.07) is -0.578. The molecule has 0 aliphatic heterocycles. The van der Waals surface area contributed by atoms with E-state index in [1.54, 1.807) is 0 Å². The zero-order valence-electron chi connectivity index (χ0n) is 9.90. The van der Waals surface area contributed by atoms with Crippen LogP contribution in [0.1, 0.15) is 26.2 Å². The summed E-state index contributed by atoms with van der Waals surface area (Å²) in [7, 11) is 0. The lowest BCUT2D eigenvalue weighted by Gasteiger charge is -2.11.